The van der Waals surface area contributed by atoms with Gasteiger partial charge in [-0.15, -0.1) is 0 Å². The number of benzene rings is 1. The van der Waals surface area contributed by atoms with Crippen molar-refractivity contribution in [3.05, 3.63) is 29.3 Å². The summed E-state index contributed by atoms with van der Waals surface area (Å²) in [6.07, 6.45) is -5.49. The van der Waals surface area contributed by atoms with Gasteiger partial charge in [0.15, 0.2) is 0 Å². The number of aromatic carboxylic acids is 1. The highest BCUT2D eigenvalue weighted by Gasteiger charge is 2.26. The van der Waals surface area contributed by atoms with Crippen LogP contribution in [0.3, 0.4) is 0 Å². The van der Waals surface area contributed by atoms with Gasteiger partial charge in [0.05, 0.1) is 16.4 Å². The molecule has 0 aliphatic carbocycles. The quantitative estimate of drug-likeness (QED) is 0.907. The van der Waals surface area contributed by atoms with Crippen LogP contribution >= 0.6 is 0 Å². The molecule has 0 bridgehead atoms. The number of hydrogen-bond donors (Lipinski definition) is 1. The lowest BCUT2D eigenvalue weighted by Gasteiger charge is -2.07. The third kappa shape index (κ3) is 5.02. The van der Waals surface area contributed by atoms with Gasteiger partial charge in [-0.25, -0.2) is 4.79 Å². The first-order valence-electron chi connectivity index (χ1n) is 5.50. The second-order valence-electron chi connectivity index (χ2n) is 4.05. The van der Waals surface area contributed by atoms with Crippen LogP contribution in [0, 0.1) is 6.92 Å². The summed E-state index contributed by atoms with van der Waals surface area (Å²) < 4.78 is 47.6. The van der Waals surface area contributed by atoms with E-state index in [0.717, 1.165) is 0 Å². The fraction of sp³-hybridized carbons (Fsp3) is 0.417. The zero-order valence-corrected chi connectivity index (χ0v) is 11.0. The van der Waals surface area contributed by atoms with Crippen LogP contribution in [0.1, 0.15) is 28.8 Å². The molecule has 0 amide bonds. The predicted molar refractivity (Wildman–Crippen MR) is 64.7 cm³/mol. The molecule has 1 N–H and O–H groups in total. The Hall–Kier alpha value is -1.37. The number of rotatable bonds is 5. The molecule has 0 fully saturated rings. The normalized spacial score (nSPS) is 13.3. The first-order chi connectivity index (χ1) is 8.70. The summed E-state index contributed by atoms with van der Waals surface area (Å²) >= 11 is 0. The average Bonchev–Trinajstić information content (AvgIpc) is 2.27. The fourth-order valence-corrected chi connectivity index (χ4v) is 2.61. The maximum absolute atomic E-state index is 12.0. The van der Waals surface area contributed by atoms with Crippen molar-refractivity contribution in [1.82, 2.24) is 0 Å². The summed E-state index contributed by atoms with van der Waals surface area (Å²) in [6.45, 7) is 1.60. The van der Waals surface area contributed by atoms with Crippen LogP contribution in [0.2, 0.25) is 0 Å². The highest BCUT2D eigenvalue weighted by atomic mass is 32.2. The van der Waals surface area contributed by atoms with Crippen molar-refractivity contribution in [3.63, 3.8) is 0 Å². The lowest BCUT2D eigenvalue weighted by Crippen LogP contribution is -2.10. The smallest absolute Gasteiger partial charge is 0.389 e. The molecule has 0 aromatic heterocycles. The van der Waals surface area contributed by atoms with Crippen LogP contribution in [0.25, 0.3) is 0 Å². The molecule has 1 atom stereocenters. The zero-order valence-electron chi connectivity index (χ0n) is 10.2. The molecule has 0 saturated carbocycles. The molecule has 19 heavy (non-hydrogen) atoms. The van der Waals surface area contributed by atoms with Crippen molar-refractivity contribution < 1.29 is 27.3 Å². The Morgan fingerprint density at radius 3 is 2.53 bits per heavy atom. The summed E-state index contributed by atoms with van der Waals surface area (Å²) in [5, 5.41) is 8.91. The molecule has 0 heterocycles. The van der Waals surface area contributed by atoms with Gasteiger partial charge in [-0.1, -0.05) is 6.07 Å². The zero-order chi connectivity index (χ0) is 14.6. The molecule has 1 aromatic rings. The number of carbonyl (C=O) groups is 1. The second-order valence-corrected chi connectivity index (χ2v) is 5.62. The van der Waals surface area contributed by atoms with E-state index in [4.69, 9.17) is 5.11 Å². The Kier molecular flexibility index (Phi) is 5.11. The molecule has 106 valence electrons. The average molecular weight is 294 g/mol. The summed E-state index contributed by atoms with van der Waals surface area (Å²) in [6, 6.07) is 4.23. The summed E-state index contributed by atoms with van der Waals surface area (Å²) in [7, 11) is -1.62. The minimum atomic E-state index is -4.26. The minimum Gasteiger partial charge on any atom is -0.478 e. The van der Waals surface area contributed by atoms with Gasteiger partial charge in [-0.3, -0.25) is 4.21 Å². The van der Waals surface area contributed by atoms with Crippen LogP contribution in [0.4, 0.5) is 13.2 Å². The SMILES string of the molecule is Cc1ccc(S(=O)CCCC(F)(F)F)cc1C(=O)O. The van der Waals surface area contributed by atoms with Crippen molar-refractivity contribution in [2.24, 2.45) is 0 Å². The summed E-state index contributed by atoms with van der Waals surface area (Å²) in [5.41, 5.74) is 0.533. The highest BCUT2D eigenvalue weighted by molar-refractivity contribution is 7.85. The standard InChI is InChI=1S/C12H13F3O3S/c1-8-3-4-9(7-10(8)11(16)17)19(18)6-2-5-12(13,14)15/h3-4,7H,2,5-6H2,1H3,(H,16,17). The largest absolute Gasteiger partial charge is 0.478 e. The highest BCUT2D eigenvalue weighted by Crippen LogP contribution is 2.22. The van der Waals surface area contributed by atoms with E-state index in [2.05, 4.69) is 0 Å². The molecule has 7 heteroatoms. The van der Waals surface area contributed by atoms with Gasteiger partial charge >= 0.3 is 12.1 Å². The lowest BCUT2D eigenvalue weighted by molar-refractivity contribution is -0.134. The van der Waals surface area contributed by atoms with Crippen LogP contribution in [-0.4, -0.2) is 27.2 Å². The molecular formula is C12H13F3O3S. The van der Waals surface area contributed by atoms with Gasteiger partial charge < -0.3 is 5.11 Å². The van der Waals surface area contributed by atoms with Crippen molar-refractivity contribution in [1.29, 1.82) is 0 Å². The maximum atomic E-state index is 12.0. The molecule has 1 rings (SSSR count). The van der Waals surface area contributed by atoms with Crippen LogP contribution in [0.5, 0.6) is 0 Å². The molecule has 0 saturated heterocycles. The van der Waals surface area contributed by atoms with E-state index in [-0.39, 0.29) is 22.6 Å². The van der Waals surface area contributed by atoms with Crippen molar-refractivity contribution in [3.8, 4) is 0 Å². The molecule has 1 unspecified atom stereocenters. The Morgan fingerprint density at radius 1 is 1.37 bits per heavy atom. The predicted octanol–water partition coefficient (Wildman–Crippen LogP) is 3.14. The van der Waals surface area contributed by atoms with Crippen molar-refractivity contribution in [2.75, 3.05) is 5.75 Å². The molecule has 3 nitrogen and oxygen atoms in total. The lowest BCUT2D eigenvalue weighted by atomic mass is 10.1. The Bertz CT molecular complexity index is 497. The molecule has 0 aliphatic heterocycles. The third-order valence-corrected chi connectivity index (χ3v) is 3.93. The Balaban J connectivity index is 2.73. The van der Waals surface area contributed by atoms with Crippen LogP contribution in [-0.2, 0) is 10.8 Å². The minimum absolute atomic E-state index is 0.0154. The summed E-state index contributed by atoms with van der Waals surface area (Å²) in [5.74, 6) is -1.28. The van der Waals surface area contributed by atoms with Crippen LogP contribution in [0.15, 0.2) is 23.1 Å². The van der Waals surface area contributed by atoms with E-state index in [0.29, 0.717) is 5.56 Å². The monoisotopic (exact) mass is 294 g/mol. The topological polar surface area (TPSA) is 54.4 Å². The van der Waals surface area contributed by atoms with Crippen molar-refractivity contribution >= 4 is 16.8 Å². The molecule has 0 spiro atoms. The number of halogens is 3. The number of carboxylic acids is 1. The first kappa shape index (κ1) is 15.7. The number of carboxylic acid groups (broad SMARTS) is 1. The Labute approximate surface area is 110 Å². The van der Waals surface area contributed by atoms with Gasteiger partial charge in [0.1, 0.15) is 0 Å². The van der Waals surface area contributed by atoms with Crippen LogP contribution < -0.4 is 0 Å². The second kappa shape index (κ2) is 6.18. The van der Waals surface area contributed by atoms with E-state index in [9.17, 15) is 22.2 Å². The summed E-state index contributed by atoms with van der Waals surface area (Å²) in [4.78, 5) is 11.1. The van der Waals surface area contributed by atoms with E-state index >= 15 is 0 Å². The van der Waals surface area contributed by atoms with Gasteiger partial charge in [-0.2, -0.15) is 13.2 Å². The van der Waals surface area contributed by atoms with Gasteiger partial charge in [0.25, 0.3) is 0 Å². The molecule has 0 radical (unpaired) electrons. The van der Waals surface area contributed by atoms with E-state index in [1.54, 1.807) is 6.92 Å². The van der Waals surface area contributed by atoms with E-state index in [1.165, 1.54) is 18.2 Å². The number of alkyl halides is 3. The molecular weight excluding hydrogens is 281 g/mol. The first-order valence-corrected chi connectivity index (χ1v) is 6.81. The fourth-order valence-electron chi connectivity index (χ4n) is 1.49. The number of aryl methyl sites for hydroxylation is 1. The van der Waals surface area contributed by atoms with E-state index < -0.39 is 29.4 Å². The molecule has 0 aliphatic rings. The van der Waals surface area contributed by atoms with E-state index in [1.807, 2.05) is 0 Å². The third-order valence-electron chi connectivity index (χ3n) is 2.49. The van der Waals surface area contributed by atoms with Gasteiger partial charge in [0, 0.05) is 17.1 Å². The Morgan fingerprint density at radius 2 is 2.00 bits per heavy atom. The molecule has 1 aromatic carbocycles. The number of hydrogen-bond acceptors (Lipinski definition) is 2. The van der Waals surface area contributed by atoms with Crippen molar-refractivity contribution in [2.45, 2.75) is 30.8 Å². The van der Waals surface area contributed by atoms with Gasteiger partial charge in [-0.05, 0) is 31.0 Å². The van der Waals surface area contributed by atoms with Gasteiger partial charge in [0.2, 0.25) is 0 Å². The maximum Gasteiger partial charge on any atom is 0.389 e.